The smallest absolute Gasteiger partial charge is 0.244 e. The topological polar surface area (TPSA) is 63.4 Å². The lowest BCUT2D eigenvalue weighted by Gasteiger charge is -2.30. The minimum Gasteiger partial charge on any atom is -0.327 e. The van der Waals surface area contributed by atoms with Gasteiger partial charge in [0.1, 0.15) is 4.90 Å². The molecule has 0 saturated carbocycles. The van der Waals surface area contributed by atoms with Gasteiger partial charge in [0.15, 0.2) is 0 Å². The first-order valence-electron chi connectivity index (χ1n) is 5.62. The average Bonchev–Trinajstić information content (AvgIpc) is 2.32. The second kappa shape index (κ2) is 6.61. The average molecular weight is 346 g/mol. The Labute approximate surface area is 129 Å². The summed E-state index contributed by atoms with van der Waals surface area (Å²) in [5, 5.41) is 0.303. The van der Waals surface area contributed by atoms with E-state index < -0.39 is 10.0 Å². The highest BCUT2D eigenvalue weighted by Crippen LogP contribution is 2.31. The largest absolute Gasteiger partial charge is 0.327 e. The molecule has 108 valence electrons. The van der Waals surface area contributed by atoms with Gasteiger partial charge in [-0.25, -0.2) is 8.42 Å². The van der Waals surface area contributed by atoms with Crippen LogP contribution in [0.25, 0.3) is 0 Å². The van der Waals surface area contributed by atoms with E-state index in [-0.39, 0.29) is 33.4 Å². The molecule has 0 aliphatic carbocycles. The maximum absolute atomic E-state index is 12.4. The highest BCUT2D eigenvalue weighted by Gasteiger charge is 2.30. The molecule has 0 bridgehead atoms. The number of sulfonamides is 1. The highest BCUT2D eigenvalue weighted by atomic mass is 35.5. The van der Waals surface area contributed by atoms with Crippen molar-refractivity contribution in [2.24, 2.45) is 5.73 Å². The lowest BCUT2D eigenvalue weighted by molar-refractivity contribution is 0.316. The summed E-state index contributed by atoms with van der Waals surface area (Å²) in [5.41, 5.74) is 5.80. The quantitative estimate of drug-likeness (QED) is 0.896. The molecule has 1 aliphatic rings. The van der Waals surface area contributed by atoms with Gasteiger partial charge in [-0.2, -0.15) is 4.31 Å². The molecule has 0 spiro atoms. The summed E-state index contributed by atoms with van der Waals surface area (Å²) in [7, 11) is -3.61. The zero-order valence-electron chi connectivity index (χ0n) is 10.1. The predicted octanol–water partition coefficient (Wildman–Crippen LogP) is 2.53. The van der Waals surface area contributed by atoms with Crippen LogP contribution in [0.4, 0.5) is 0 Å². The van der Waals surface area contributed by atoms with Gasteiger partial charge in [-0.15, -0.1) is 12.4 Å². The molecule has 0 aromatic heterocycles. The number of hydrogen-bond donors (Lipinski definition) is 1. The molecule has 8 heteroatoms. The van der Waals surface area contributed by atoms with E-state index in [1.54, 1.807) is 12.1 Å². The molecule has 1 fully saturated rings. The van der Waals surface area contributed by atoms with E-state index >= 15 is 0 Å². The molecular formula is C11H15Cl3N2O2S. The first-order chi connectivity index (χ1) is 8.43. The Balaban J connectivity index is 0.00000180. The minimum absolute atomic E-state index is 0. The van der Waals surface area contributed by atoms with Crippen molar-refractivity contribution >= 4 is 45.6 Å². The van der Waals surface area contributed by atoms with E-state index in [9.17, 15) is 8.42 Å². The molecule has 1 aliphatic heterocycles. The number of hydrogen-bond acceptors (Lipinski definition) is 3. The summed E-state index contributed by atoms with van der Waals surface area (Å²) in [6.45, 7) is 0.796. The van der Waals surface area contributed by atoms with Gasteiger partial charge in [-0.1, -0.05) is 29.3 Å². The molecule has 4 nitrogen and oxygen atoms in total. The van der Waals surface area contributed by atoms with Crippen molar-refractivity contribution in [3.05, 3.63) is 28.2 Å². The fourth-order valence-electron chi connectivity index (χ4n) is 2.01. The van der Waals surface area contributed by atoms with Crippen molar-refractivity contribution in [3.8, 4) is 0 Å². The summed E-state index contributed by atoms with van der Waals surface area (Å²) in [6, 6.07) is 4.48. The zero-order valence-corrected chi connectivity index (χ0v) is 13.2. The van der Waals surface area contributed by atoms with Crippen molar-refractivity contribution in [2.45, 2.75) is 23.8 Å². The lowest BCUT2D eigenvalue weighted by Crippen LogP contribution is -2.45. The van der Waals surface area contributed by atoms with Crippen LogP contribution in [0.2, 0.25) is 10.0 Å². The Hall–Kier alpha value is -0.0400. The van der Waals surface area contributed by atoms with Gasteiger partial charge in [-0.05, 0) is 25.0 Å². The van der Waals surface area contributed by atoms with E-state index in [2.05, 4.69) is 0 Å². The van der Waals surface area contributed by atoms with Crippen molar-refractivity contribution in [3.63, 3.8) is 0 Å². The standard InChI is InChI=1S/C11H14Cl2N2O2S.ClH/c12-9-4-1-5-10(11(9)13)18(16,17)15-6-2-3-8(14)7-15;/h1,4-5,8H,2-3,6-7,14H2;1H/t8-;/m1./s1. The van der Waals surface area contributed by atoms with Crippen molar-refractivity contribution in [2.75, 3.05) is 13.1 Å². The molecule has 1 aromatic carbocycles. The number of halogens is 3. The SMILES string of the molecule is Cl.N[C@@H]1CCCN(S(=O)(=O)c2cccc(Cl)c2Cl)C1. The molecule has 1 saturated heterocycles. The number of benzene rings is 1. The van der Waals surface area contributed by atoms with Crippen LogP contribution in [0.15, 0.2) is 23.1 Å². The van der Waals surface area contributed by atoms with Gasteiger partial charge in [-0.3, -0.25) is 0 Å². The molecule has 0 unspecified atom stereocenters. The van der Waals surface area contributed by atoms with E-state index in [1.807, 2.05) is 0 Å². The van der Waals surface area contributed by atoms with Gasteiger partial charge < -0.3 is 5.73 Å². The molecule has 2 rings (SSSR count). The van der Waals surface area contributed by atoms with Crippen LogP contribution in [0.3, 0.4) is 0 Å². The van der Waals surface area contributed by atoms with E-state index in [1.165, 1.54) is 10.4 Å². The maximum Gasteiger partial charge on any atom is 0.244 e. The minimum atomic E-state index is -3.61. The van der Waals surface area contributed by atoms with Gasteiger partial charge in [0.25, 0.3) is 0 Å². The fraction of sp³-hybridized carbons (Fsp3) is 0.455. The third-order valence-corrected chi connectivity index (χ3v) is 5.79. The van der Waals surface area contributed by atoms with Crippen LogP contribution in [0.1, 0.15) is 12.8 Å². The van der Waals surface area contributed by atoms with E-state index in [0.717, 1.165) is 12.8 Å². The van der Waals surface area contributed by atoms with Gasteiger partial charge in [0.2, 0.25) is 10.0 Å². The zero-order chi connectivity index (χ0) is 13.3. The van der Waals surface area contributed by atoms with E-state index in [0.29, 0.717) is 13.1 Å². The van der Waals surface area contributed by atoms with Crippen LogP contribution in [-0.2, 0) is 10.0 Å². The third-order valence-electron chi connectivity index (χ3n) is 2.95. The third kappa shape index (κ3) is 3.54. The van der Waals surface area contributed by atoms with Crippen molar-refractivity contribution < 1.29 is 8.42 Å². The van der Waals surface area contributed by atoms with Crippen LogP contribution < -0.4 is 5.73 Å². The molecular weight excluding hydrogens is 331 g/mol. The Morgan fingerprint density at radius 2 is 2.00 bits per heavy atom. The molecule has 2 N–H and O–H groups in total. The van der Waals surface area contributed by atoms with E-state index in [4.69, 9.17) is 28.9 Å². The predicted molar refractivity (Wildman–Crippen MR) is 79.7 cm³/mol. The summed E-state index contributed by atoms with van der Waals surface area (Å²) in [5.74, 6) is 0. The van der Waals surface area contributed by atoms with Crippen molar-refractivity contribution in [1.29, 1.82) is 0 Å². The van der Waals surface area contributed by atoms with Crippen LogP contribution in [0, 0.1) is 0 Å². The Bertz CT molecular complexity index is 551. The Morgan fingerprint density at radius 1 is 1.32 bits per heavy atom. The Kier molecular flexibility index (Phi) is 5.92. The molecule has 0 radical (unpaired) electrons. The first-order valence-corrected chi connectivity index (χ1v) is 7.82. The maximum atomic E-state index is 12.4. The first kappa shape index (κ1) is 17.0. The highest BCUT2D eigenvalue weighted by molar-refractivity contribution is 7.89. The molecule has 1 heterocycles. The van der Waals surface area contributed by atoms with Crippen LogP contribution >= 0.6 is 35.6 Å². The number of piperidine rings is 1. The summed E-state index contributed by atoms with van der Waals surface area (Å²) >= 11 is 11.8. The summed E-state index contributed by atoms with van der Waals surface area (Å²) in [6.07, 6.45) is 1.61. The molecule has 1 atom stereocenters. The van der Waals surface area contributed by atoms with Gasteiger partial charge in [0, 0.05) is 19.1 Å². The molecule has 1 aromatic rings. The van der Waals surface area contributed by atoms with Crippen LogP contribution in [-0.4, -0.2) is 31.9 Å². The van der Waals surface area contributed by atoms with Gasteiger partial charge in [0.05, 0.1) is 10.0 Å². The second-order valence-electron chi connectivity index (χ2n) is 4.32. The van der Waals surface area contributed by atoms with Gasteiger partial charge >= 0.3 is 0 Å². The van der Waals surface area contributed by atoms with Crippen molar-refractivity contribution in [1.82, 2.24) is 4.31 Å². The number of nitrogens with zero attached hydrogens (tertiary/aromatic N) is 1. The number of rotatable bonds is 2. The Morgan fingerprint density at radius 3 is 2.63 bits per heavy atom. The molecule has 19 heavy (non-hydrogen) atoms. The lowest BCUT2D eigenvalue weighted by atomic mass is 10.1. The second-order valence-corrected chi connectivity index (χ2v) is 7.01. The summed E-state index contributed by atoms with van der Waals surface area (Å²) < 4.78 is 26.2. The molecule has 0 amide bonds. The van der Waals surface area contributed by atoms with Crippen LogP contribution in [0.5, 0.6) is 0 Å². The monoisotopic (exact) mass is 344 g/mol. The fourth-order valence-corrected chi connectivity index (χ4v) is 4.29. The normalized spacial score (nSPS) is 20.9. The number of nitrogens with two attached hydrogens (primary N) is 1. The summed E-state index contributed by atoms with van der Waals surface area (Å²) in [4.78, 5) is 0.0470.